The lowest BCUT2D eigenvalue weighted by molar-refractivity contribution is -0.132. The average molecular weight is 378 g/mol. The van der Waals surface area contributed by atoms with Crippen molar-refractivity contribution in [3.05, 3.63) is 68.7 Å². The second-order valence-electron chi connectivity index (χ2n) is 5.95. The van der Waals surface area contributed by atoms with Crippen molar-refractivity contribution in [2.75, 3.05) is 7.11 Å². The average Bonchev–Trinajstić information content (AvgIpc) is 2.95. The Labute approximate surface area is 156 Å². The zero-order valence-electron chi connectivity index (χ0n) is 13.9. The first-order chi connectivity index (χ1) is 11.9. The number of hydrogen-bond acceptors (Lipinski definition) is 3. The first-order valence-electron chi connectivity index (χ1n) is 7.86. The predicted molar refractivity (Wildman–Crippen MR) is 96.9 cm³/mol. The fourth-order valence-corrected chi connectivity index (χ4v) is 3.74. The highest BCUT2D eigenvalue weighted by atomic mass is 35.5. The summed E-state index contributed by atoms with van der Waals surface area (Å²) in [5, 5.41) is 0.521. The van der Waals surface area contributed by atoms with E-state index in [1.54, 1.807) is 11.0 Å². The van der Waals surface area contributed by atoms with Crippen molar-refractivity contribution >= 4 is 35.1 Å². The van der Waals surface area contributed by atoms with Gasteiger partial charge in [0.1, 0.15) is 0 Å². The standard InChI is InChI=1S/C19H17Cl2NO3/c1-11-13-6-4-3-5-12(13)10-22(11)17(23)9-15-16(20)8-7-14(18(15)21)19(24)25-2/h3-8,11H,9-10H2,1-2H3/t11-/m0/s1. The zero-order chi connectivity index (χ0) is 18.1. The third-order valence-electron chi connectivity index (χ3n) is 4.55. The fourth-order valence-electron chi connectivity index (χ4n) is 3.16. The van der Waals surface area contributed by atoms with Gasteiger partial charge in [0.2, 0.25) is 5.91 Å². The Morgan fingerprint density at radius 1 is 1.20 bits per heavy atom. The smallest absolute Gasteiger partial charge is 0.339 e. The molecule has 0 unspecified atom stereocenters. The summed E-state index contributed by atoms with van der Waals surface area (Å²) in [7, 11) is 1.28. The van der Waals surface area contributed by atoms with E-state index in [4.69, 9.17) is 27.9 Å². The number of carbonyl (C=O) groups excluding carboxylic acids is 2. The van der Waals surface area contributed by atoms with Gasteiger partial charge < -0.3 is 9.64 Å². The number of nitrogens with zero attached hydrogens (tertiary/aromatic N) is 1. The lowest BCUT2D eigenvalue weighted by Crippen LogP contribution is -2.29. The Morgan fingerprint density at radius 2 is 1.92 bits per heavy atom. The summed E-state index contributed by atoms with van der Waals surface area (Å²) in [4.78, 5) is 26.4. The maximum Gasteiger partial charge on any atom is 0.339 e. The van der Waals surface area contributed by atoms with Crippen molar-refractivity contribution < 1.29 is 14.3 Å². The van der Waals surface area contributed by atoms with E-state index in [-0.39, 0.29) is 29.0 Å². The minimum absolute atomic E-state index is 0.00922. The molecule has 130 valence electrons. The van der Waals surface area contributed by atoms with E-state index in [1.165, 1.54) is 13.2 Å². The molecule has 1 aliphatic heterocycles. The van der Waals surface area contributed by atoms with Crippen molar-refractivity contribution in [3.8, 4) is 0 Å². The van der Waals surface area contributed by atoms with Gasteiger partial charge >= 0.3 is 5.97 Å². The molecule has 0 spiro atoms. The molecule has 25 heavy (non-hydrogen) atoms. The molecular formula is C19H17Cl2NO3. The van der Waals surface area contributed by atoms with Crippen LogP contribution in [0.3, 0.4) is 0 Å². The number of halogens is 2. The molecule has 0 aromatic heterocycles. The van der Waals surface area contributed by atoms with Gasteiger partial charge in [-0.25, -0.2) is 4.79 Å². The molecule has 2 aromatic rings. The Balaban J connectivity index is 1.86. The van der Waals surface area contributed by atoms with Crippen LogP contribution in [0.15, 0.2) is 36.4 Å². The van der Waals surface area contributed by atoms with Crippen molar-refractivity contribution in [1.82, 2.24) is 4.90 Å². The molecule has 1 atom stereocenters. The molecule has 0 saturated heterocycles. The SMILES string of the molecule is COC(=O)c1ccc(Cl)c(CC(=O)N2Cc3ccccc3[C@@H]2C)c1Cl. The maximum absolute atomic E-state index is 12.8. The van der Waals surface area contributed by atoms with Crippen LogP contribution in [-0.4, -0.2) is 23.9 Å². The van der Waals surface area contributed by atoms with E-state index in [0.29, 0.717) is 17.1 Å². The highest BCUT2D eigenvalue weighted by molar-refractivity contribution is 6.38. The molecule has 0 radical (unpaired) electrons. The molecule has 0 fully saturated rings. The van der Waals surface area contributed by atoms with Crippen molar-refractivity contribution in [2.24, 2.45) is 0 Å². The summed E-state index contributed by atoms with van der Waals surface area (Å²) in [6, 6.07) is 11.0. The second kappa shape index (κ2) is 7.06. The van der Waals surface area contributed by atoms with Gasteiger partial charge in [-0.3, -0.25) is 4.79 Å². The molecule has 6 heteroatoms. The molecule has 0 N–H and O–H groups in total. The molecular weight excluding hydrogens is 361 g/mol. The minimum atomic E-state index is -0.558. The Hall–Kier alpha value is -2.04. The van der Waals surface area contributed by atoms with Crippen LogP contribution in [0.4, 0.5) is 0 Å². The number of hydrogen-bond donors (Lipinski definition) is 0. The summed E-state index contributed by atoms with van der Waals surface area (Å²) in [5.74, 6) is -0.646. The largest absolute Gasteiger partial charge is 0.465 e. The lowest BCUT2D eigenvalue weighted by Gasteiger charge is -2.22. The Kier molecular flexibility index (Phi) is 5.02. The normalized spacial score (nSPS) is 15.8. The fraction of sp³-hybridized carbons (Fsp3) is 0.263. The van der Waals surface area contributed by atoms with E-state index < -0.39 is 5.97 Å². The first-order valence-corrected chi connectivity index (χ1v) is 8.62. The molecule has 3 rings (SSSR count). The van der Waals surface area contributed by atoms with Crippen LogP contribution in [0, 0.1) is 0 Å². The lowest BCUT2D eigenvalue weighted by atomic mass is 10.1. The summed E-state index contributed by atoms with van der Waals surface area (Å²) in [6.45, 7) is 2.56. The van der Waals surface area contributed by atoms with Crippen LogP contribution in [0.25, 0.3) is 0 Å². The molecule has 2 aromatic carbocycles. The van der Waals surface area contributed by atoms with E-state index >= 15 is 0 Å². The molecule has 0 aliphatic carbocycles. The van der Waals surface area contributed by atoms with Gasteiger partial charge in [-0.05, 0) is 35.7 Å². The third-order valence-corrected chi connectivity index (χ3v) is 5.34. The van der Waals surface area contributed by atoms with Crippen molar-refractivity contribution in [3.63, 3.8) is 0 Å². The van der Waals surface area contributed by atoms with E-state index in [9.17, 15) is 9.59 Å². The molecule has 1 aliphatic rings. The van der Waals surface area contributed by atoms with E-state index in [1.807, 2.05) is 31.2 Å². The predicted octanol–water partition coefficient (Wildman–Crippen LogP) is 4.43. The van der Waals surface area contributed by atoms with Crippen molar-refractivity contribution in [2.45, 2.75) is 25.9 Å². The highest BCUT2D eigenvalue weighted by Gasteiger charge is 2.31. The van der Waals surface area contributed by atoms with Crippen LogP contribution >= 0.6 is 23.2 Å². The van der Waals surface area contributed by atoms with Crippen LogP contribution in [0.5, 0.6) is 0 Å². The third kappa shape index (κ3) is 3.24. The van der Waals surface area contributed by atoms with Gasteiger partial charge in [-0.15, -0.1) is 0 Å². The van der Waals surface area contributed by atoms with Gasteiger partial charge in [0.25, 0.3) is 0 Å². The van der Waals surface area contributed by atoms with Crippen LogP contribution < -0.4 is 0 Å². The number of benzene rings is 2. The quantitative estimate of drug-likeness (QED) is 0.743. The minimum Gasteiger partial charge on any atom is -0.465 e. The molecule has 1 amide bonds. The molecule has 0 bridgehead atoms. The van der Waals surface area contributed by atoms with E-state index in [2.05, 4.69) is 0 Å². The molecule has 4 nitrogen and oxygen atoms in total. The first kappa shape index (κ1) is 17.8. The number of rotatable bonds is 3. The number of esters is 1. The topological polar surface area (TPSA) is 46.6 Å². The van der Waals surface area contributed by atoms with Crippen LogP contribution in [0.2, 0.25) is 10.0 Å². The number of ether oxygens (including phenoxy) is 1. The number of fused-ring (bicyclic) bond motifs is 1. The number of amides is 1. The van der Waals surface area contributed by atoms with Gasteiger partial charge in [0, 0.05) is 11.6 Å². The van der Waals surface area contributed by atoms with Gasteiger partial charge in [-0.1, -0.05) is 47.5 Å². The van der Waals surface area contributed by atoms with Gasteiger partial charge in [0.05, 0.1) is 30.2 Å². The van der Waals surface area contributed by atoms with Crippen LogP contribution in [0.1, 0.15) is 40.0 Å². The van der Waals surface area contributed by atoms with E-state index in [0.717, 1.165) is 11.1 Å². The molecule has 0 saturated carbocycles. The summed E-state index contributed by atoms with van der Waals surface area (Å²) in [5.41, 5.74) is 2.94. The summed E-state index contributed by atoms with van der Waals surface area (Å²) < 4.78 is 4.71. The summed E-state index contributed by atoms with van der Waals surface area (Å²) in [6.07, 6.45) is 0.0286. The van der Waals surface area contributed by atoms with Gasteiger partial charge in [-0.2, -0.15) is 0 Å². The van der Waals surface area contributed by atoms with Crippen molar-refractivity contribution in [1.29, 1.82) is 0 Å². The zero-order valence-corrected chi connectivity index (χ0v) is 15.4. The Bertz CT molecular complexity index is 851. The monoisotopic (exact) mass is 377 g/mol. The highest BCUT2D eigenvalue weighted by Crippen LogP contribution is 2.35. The maximum atomic E-state index is 12.8. The summed E-state index contributed by atoms with van der Waals surface area (Å²) >= 11 is 12.5. The Morgan fingerprint density at radius 3 is 2.60 bits per heavy atom. The number of carbonyl (C=O) groups is 2. The van der Waals surface area contributed by atoms with Gasteiger partial charge in [0.15, 0.2) is 0 Å². The molecule has 1 heterocycles. The second-order valence-corrected chi connectivity index (χ2v) is 6.74. The van der Waals surface area contributed by atoms with Crippen LogP contribution in [-0.2, 0) is 22.5 Å². The number of methoxy groups -OCH3 is 1.